The molecule has 126 valence electrons. The maximum absolute atomic E-state index is 13.9. The molecule has 0 saturated carbocycles. The van der Waals surface area contributed by atoms with Gasteiger partial charge in [-0.3, -0.25) is 4.79 Å². The van der Waals surface area contributed by atoms with Gasteiger partial charge in [-0.25, -0.2) is 9.37 Å². The minimum atomic E-state index is -0.455. The van der Waals surface area contributed by atoms with Crippen molar-refractivity contribution in [1.82, 2.24) is 9.88 Å². The highest BCUT2D eigenvalue weighted by molar-refractivity contribution is 5.94. The Morgan fingerprint density at radius 1 is 1.29 bits per heavy atom. The predicted molar refractivity (Wildman–Crippen MR) is 92.8 cm³/mol. The molecule has 0 N–H and O–H groups in total. The van der Waals surface area contributed by atoms with Gasteiger partial charge in [-0.05, 0) is 42.7 Å². The average molecular weight is 327 g/mol. The van der Waals surface area contributed by atoms with Gasteiger partial charge in [0.25, 0.3) is 5.91 Å². The van der Waals surface area contributed by atoms with E-state index in [1.54, 1.807) is 23.1 Å². The number of piperidine rings is 1. The quantitative estimate of drug-likeness (QED) is 0.868. The third-order valence-corrected chi connectivity index (χ3v) is 4.51. The Bertz CT molecular complexity index is 732. The highest BCUT2D eigenvalue weighted by Gasteiger charge is 2.27. The van der Waals surface area contributed by atoms with E-state index in [1.165, 1.54) is 11.6 Å². The van der Waals surface area contributed by atoms with Crippen LogP contribution in [-0.2, 0) is 0 Å². The van der Waals surface area contributed by atoms with Gasteiger partial charge in [0.2, 0.25) is 0 Å². The molecule has 1 unspecified atom stereocenters. The van der Waals surface area contributed by atoms with E-state index in [-0.39, 0.29) is 17.4 Å². The van der Waals surface area contributed by atoms with Gasteiger partial charge in [0.05, 0.1) is 5.56 Å². The number of halogens is 1. The van der Waals surface area contributed by atoms with Crippen LogP contribution in [0.25, 0.3) is 0 Å². The molecule has 1 saturated heterocycles. The number of rotatable bonds is 3. The summed E-state index contributed by atoms with van der Waals surface area (Å²) in [6, 6.07) is 10.3. The van der Waals surface area contributed by atoms with Crippen LogP contribution in [-0.4, -0.2) is 43.0 Å². The largest absolute Gasteiger partial charge is 0.363 e. The zero-order valence-electron chi connectivity index (χ0n) is 14.1. The highest BCUT2D eigenvalue weighted by Crippen LogP contribution is 2.29. The van der Waals surface area contributed by atoms with Gasteiger partial charge in [-0.15, -0.1) is 0 Å². The number of carbonyl (C=O) groups is 1. The fourth-order valence-corrected chi connectivity index (χ4v) is 3.17. The number of hydrogen-bond acceptors (Lipinski definition) is 3. The molecule has 0 aliphatic carbocycles. The molecule has 1 amide bonds. The predicted octanol–water partition coefficient (Wildman–Crippen LogP) is 3.31. The minimum absolute atomic E-state index is 0.154. The van der Waals surface area contributed by atoms with E-state index >= 15 is 0 Å². The van der Waals surface area contributed by atoms with Crippen molar-refractivity contribution in [3.05, 3.63) is 59.5 Å². The molecule has 1 aliphatic rings. The molecular weight excluding hydrogens is 305 g/mol. The smallest absolute Gasteiger partial charge is 0.256 e. The van der Waals surface area contributed by atoms with Crippen molar-refractivity contribution in [3.8, 4) is 0 Å². The number of hydrogen-bond donors (Lipinski definition) is 0. The molecule has 1 atom stereocenters. The lowest BCUT2D eigenvalue weighted by Crippen LogP contribution is -2.39. The van der Waals surface area contributed by atoms with E-state index < -0.39 is 5.82 Å². The number of benzene rings is 1. The molecule has 2 aromatic rings. The van der Waals surface area contributed by atoms with Crippen molar-refractivity contribution in [3.63, 3.8) is 0 Å². The first kappa shape index (κ1) is 16.4. The Hall–Kier alpha value is -2.43. The second-order valence-electron chi connectivity index (χ2n) is 6.41. The van der Waals surface area contributed by atoms with E-state index in [4.69, 9.17) is 0 Å². The van der Waals surface area contributed by atoms with Gasteiger partial charge in [-0.2, -0.15) is 0 Å². The highest BCUT2D eigenvalue weighted by atomic mass is 19.1. The van der Waals surface area contributed by atoms with Crippen molar-refractivity contribution in [2.24, 2.45) is 0 Å². The van der Waals surface area contributed by atoms with Crippen LogP contribution in [0.2, 0.25) is 0 Å². The lowest BCUT2D eigenvalue weighted by molar-refractivity contribution is 0.0702. The fourth-order valence-electron chi connectivity index (χ4n) is 3.17. The number of likely N-dealkylation sites (tertiary alicyclic amines) is 1. The number of carbonyl (C=O) groups excluding carboxylic acids is 1. The normalized spacial score (nSPS) is 17.6. The molecule has 1 aliphatic heterocycles. The zero-order chi connectivity index (χ0) is 17.1. The molecule has 4 nitrogen and oxygen atoms in total. The van der Waals surface area contributed by atoms with Crippen molar-refractivity contribution in [2.45, 2.75) is 18.8 Å². The molecule has 0 spiro atoms. The van der Waals surface area contributed by atoms with Gasteiger partial charge in [0, 0.05) is 39.3 Å². The number of pyridine rings is 1. The standard InChI is InChI=1S/C19H22FN3O/c1-22(2)18-12-14(9-10-21-18)15-6-5-11-23(13-15)19(24)16-7-3-4-8-17(16)20/h3-4,7-10,12,15H,5-6,11,13H2,1-2H3. The lowest BCUT2D eigenvalue weighted by atomic mass is 9.90. The molecule has 2 heterocycles. The molecule has 24 heavy (non-hydrogen) atoms. The van der Waals surface area contributed by atoms with Crippen LogP contribution < -0.4 is 4.90 Å². The molecular formula is C19H22FN3O. The maximum Gasteiger partial charge on any atom is 0.256 e. The topological polar surface area (TPSA) is 36.4 Å². The average Bonchev–Trinajstić information content (AvgIpc) is 2.62. The van der Waals surface area contributed by atoms with Crippen LogP contribution in [0.5, 0.6) is 0 Å². The summed E-state index contributed by atoms with van der Waals surface area (Å²) >= 11 is 0. The van der Waals surface area contributed by atoms with Gasteiger partial charge in [0.1, 0.15) is 11.6 Å². The Morgan fingerprint density at radius 3 is 2.83 bits per heavy atom. The van der Waals surface area contributed by atoms with E-state index in [0.29, 0.717) is 13.1 Å². The third kappa shape index (κ3) is 3.40. The molecule has 3 rings (SSSR count). The van der Waals surface area contributed by atoms with E-state index in [2.05, 4.69) is 11.1 Å². The number of anilines is 1. The summed E-state index contributed by atoms with van der Waals surface area (Å²) in [6.45, 7) is 1.29. The van der Waals surface area contributed by atoms with Gasteiger partial charge >= 0.3 is 0 Å². The second kappa shape index (κ2) is 6.99. The van der Waals surface area contributed by atoms with Crippen molar-refractivity contribution >= 4 is 11.7 Å². The van der Waals surface area contributed by atoms with Crippen LogP contribution in [0.4, 0.5) is 10.2 Å². The first-order chi connectivity index (χ1) is 11.6. The molecule has 1 aromatic heterocycles. The summed E-state index contributed by atoms with van der Waals surface area (Å²) in [5, 5.41) is 0. The van der Waals surface area contributed by atoms with Gasteiger partial charge in [-0.1, -0.05) is 12.1 Å². The Morgan fingerprint density at radius 2 is 2.08 bits per heavy atom. The molecule has 1 fully saturated rings. The zero-order valence-corrected chi connectivity index (χ0v) is 14.1. The Kier molecular flexibility index (Phi) is 4.79. The minimum Gasteiger partial charge on any atom is -0.363 e. The summed E-state index contributed by atoms with van der Waals surface area (Å²) < 4.78 is 13.9. The van der Waals surface area contributed by atoms with Crippen LogP contribution in [0.3, 0.4) is 0 Å². The summed E-state index contributed by atoms with van der Waals surface area (Å²) in [5.41, 5.74) is 1.33. The first-order valence-corrected chi connectivity index (χ1v) is 8.23. The summed E-state index contributed by atoms with van der Waals surface area (Å²) in [4.78, 5) is 20.7. The Labute approximate surface area is 141 Å². The molecule has 5 heteroatoms. The monoisotopic (exact) mass is 327 g/mol. The SMILES string of the molecule is CN(C)c1cc(C2CCCN(C(=O)c3ccccc3F)C2)ccn1. The van der Waals surface area contributed by atoms with Gasteiger partial charge in [0.15, 0.2) is 0 Å². The molecule has 0 radical (unpaired) electrons. The lowest BCUT2D eigenvalue weighted by Gasteiger charge is -2.33. The number of aromatic nitrogens is 1. The van der Waals surface area contributed by atoms with Gasteiger partial charge < -0.3 is 9.80 Å². The number of nitrogens with zero attached hydrogens (tertiary/aromatic N) is 3. The molecule has 1 aromatic carbocycles. The van der Waals surface area contributed by atoms with Crippen LogP contribution in [0.15, 0.2) is 42.6 Å². The fraction of sp³-hybridized carbons (Fsp3) is 0.368. The maximum atomic E-state index is 13.9. The molecule has 0 bridgehead atoms. The van der Waals surface area contributed by atoms with E-state index in [9.17, 15) is 9.18 Å². The summed E-state index contributed by atoms with van der Waals surface area (Å²) in [7, 11) is 3.92. The van der Waals surface area contributed by atoms with E-state index in [1.807, 2.05) is 31.3 Å². The van der Waals surface area contributed by atoms with Crippen LogP contribution in [0, 0.1) is 5.82 Å². The second-order valence-corrected chi connectivity index (χ2v) is 6.41. The van der Waals surface area contributed by atoms with Crippen LogP contribution in [0.1, 0.15) is 34.7 Å². The van der Waals surface area contributed by atoms with Crippen molar-refractivity contribution in [1.29, 1.82) is 0 Å². The third-order valence-electron chi connectivity index (χ3n) is 4.51. The first-order valence-electron chi connectivity index (χ1n) is 8.23. The van der Waals surface area contributed by atoms with E-state index in [0.717, 1.165) is 18.7 Å². The number of amides is 1. The van der Waals surface area contributed by atoms with Crippen LogP contribution >= 0.6 is 0 Å². The summed E-state index contributed by atoms with van der Waals surface area (Å²) in [6.07, 6.45) is 3.75. The van der Waals surface area contributed by atoms with Crippen molar-refractivity contribution in [2.75, 3.05) is 32.1 Å². The summed E-state index contributed by atoms with van der Waals surface area (Å²) in [5.74, 6) is 0.490. The van der Waals surface area contributed by atoms with Crippen molar-refractivity contribution < 1.29 is 9.18 Å². The Balaban J connectivity index is 1.78.